The van der Waals surface area contributed by atoms with E-state index in [1.54, 1.807) is 18.2 Å². The van der Waals surface area contributed by atoms with Crippen LogP contribution in [0.15, 0.2) is 66.9 Å². The van der Waals surface area contributed by atoms with E-state index in [2.05, 4.69) is 20.6 Å². The zero-order valence-electron chi connectivity index (χ0n) is 17.5. The lowest BCUT2D eigenvalue weighted by Crippen LogP contribution is -2.20. The number of methoxy groups -OCH3 is 1. The Balaban J connectivity index is 1.44. The summed E-state index contributed by atoms with van der Waals surface area (Å²) in [5.74, 6) is -0.264. The first-order valence-electron chi connectivity index (χ1n) is 9.75. The van der Waals surface area contributed by atoms with Crippen molar-refractivity contribution in [1.29, 1.82) is 0 Å². The fourth-order valence-electron chi connectivity index (χ4n) is 2.99. The molecule has 0 bridgehead atoms. The predicted molar refractivity (Wildman–Crippen MR) is 117 cm³/mol. The number of carbonyl (C=O) groups excluding carboxylic acids is 1. The van der Waals surface area contributed by atoms with Gasteiger partial charge in [-0.2, -0.15) is 13.2 Å². The van der Waals surface area contributed by atoms with E-state index in [0.29, 0.717) is 22.7 Å². The summed E-state index contributed by atoms with van der Waals surface area (Å²) in [6.07, 6.45) is -3.08. The Morgan fingerprint density at radius 1 is 0.941 bits per heavy atom. The van der Waals surface area contributed by atoms with Gasteiger partial charge in [0.1, 0.15) is 5.75 Å². The molecule has 0 saturated carbocycles. The number of benzene rings is 3. The molecule has 0 spiro atoms. The summed E-state index contributed by atoms with van der Waals surface area (Å²) in [5, 5.41) is 4.63. The SMILES string of the molecule is COc1cnc2ccc(Oc3ccc(NC(=O)Nc4cccc(C(F)(F)F)c4)cc3F)cc2n1. The quantitative estimate of drug-likeness (QED) is 0.336. The van der Waals surface area contributed by atoms with Gasteiger partial charge >= 0.3 is 12.2 Å². The number of carbonyl (C=O) groups is 1. The van der Waals surface area contributed by atoms with E-state index in [-0.39, 0.29) is 17.1 Å². The number of anilines is 2. The largest absolute Gasteiger partial charge is 0.480 e. The van der Waals surface area contributed by atoms with Crippen molar-refractivity contribution in [2.45, 2.75) is 6.18 Å². The van der Waals surface area contributed by atoms with Crippen molar-refractivity contribution in [2.24, 2.45) is 0 Å². The Morgan fingerprint density at radius 2 is 1.71 bits per heavy atom. The van der Waals surface area contributed by atoms with Crippen LogP contribution in [0.4, 0.5) is 33.7 Å². The van der Waals surface area contributed by atoms with Gasteiger partial charge in [0.2, 0.25) is 5.88 Å². The Labute approximate surface area is 190 Å². The first-order chi connectivity index (χ1) is 16.2. The maximum Gasteiger partial charge on any atom is 0.416 e. The second-order valence-corrected chi connectivity index (χ2v) is 6.97. The molecule has 7 nitrogen and oxygen atoms in total. The topological polar surface area (TPSA) is 85.4 Å². The molecule has 0 aliphatic carbocycles. The first-order valence-corrected chi connectivity index (χ1v) is 9.75. The molecule has 0 aliphatic heterocycles. The Kier molecular flexibility index (Phi) is 6.17. The minimum atomic E-state index is -4.54. The van der Waals surface area contributed by atoms with Gasteiger partial charge in [-0.25, -0.2) is 19.2 Å². The average molecular weight is 472 g/mol. The number of nitrogens with one attached hydrogen (secondary N) is 2. The van der Waals surface area contributed by atoms with Gasteiger partial charge in [0.15, 0.2) is 11.6 Å². The first kappa shape index (κ1) is 22.8. The van der Waals surface area contributed by atoms with Gasteiger partial charge in [-0.15, -0.1) is 0 Å². The smallest absolute Gasteiger partial charge is 0.416 e. The summed E-state index contributed by atoms with van der Waals surface area (Å²) in [5.41, 5.74) is 0.185. The third kappa shape index (κ3) is 5.31. The molecule has 2 N–H and O–H groups in total. The highest BCUT2D eigenvalue weighted by Gasteiger charge is 2.30. The number of rotatable bonds is 5. The summed E-state index contributed by atoms with van der Waals surface area (Å²) >= 11 is 0. The van der Waals surface area contributed by atoms with Crippen molar-refractivity contribution in [3.8, 4) is 17.4 Å². The molecule has 11 heteroatoms. The maximum absolute atomic E-state index is 14.6. The Hall–Kier alpha value is -4.41. The highest BCUT2D eigenvalue weighted by atomic mass is 19.4. The number of fused-ring (bicyclic) bond motifs is 1. The minimum Gasteiger partial charge on any atom is -0.480 e. The van der Waals surface area contributed by atoms with Crippen molar-refractivity contribution < 1.29 is 31.8 Å². The minimum absolute atomic E-state index is 0.0659. The standard InChI is InChI=1S/C23H16F4N4O3/c1-33-21-12-28-18-7-6-16(11-19(18)31-21)34-20-8-5-15(10-17(20)24)30-22(32)29-14-4-2-3-13(9-14)23(25,26)27/h2-12H,1H3,(H2,29,30,32). The number of hydrogen-bond acceptors (Lipinski definition) is 5. The van der Waals surface area contributed by atoms with Gasteiger partial charge in [-0.1, -0.05) is 6.07 Å². The van der Waals surface area contributed by atoms with Crippen LogP contribution in [-0.2, 0) is 6.18 Å². The zero-order chi connectivity index (χ0) is 24.3. The molecular formula is C23H16F4N4O3. The van der Waals surface area contributed by atoms with E-state index in [4.69, 9.17) is 9.47 Å². The van der Waals surface area contributed by atoms with Crippen LogP contribution < -0.4 is 20.1 Å². The maximum atomic E-state index is 14.6. The van der Waals surface area contributed by atoms with Crippen molar-refractivity contribution in [2.75, 3.05) is 17.7 Å². The van der Waals surface area contributed by atoms with Crippen molar-refractivity contribution in [3.63, 3.8) is 0 Å². The molecule has 0 radical (unpaired) electrons. The van der Waals surface area contributed by atoms with E-state index in [1.165, 1.54) is 37.6 Å². The molecule has 0 saturated heterocycles. The molecule has 0 aliphatic rings. The molecular weight excluding hydrogens is 456 g/mol. The molecule has 0 atom stereocenters. The van der Waals surface area contributed by atoms with Gasteiger partial charge in [0.05, 0.1) is 29.9 Å². The van der Waals surface area contributed by atoms with Crippen molar-refractivity contribution >= 4 is 28.4 Å². The van der Waals surface area contributed by atoms with Crippen LogP contribution in [-0.4, -0.2) is 23.1 Å². The average Bonchev–Trinajstić information content (AvgIpc) is 2.80. The number of hydrogen-bond donors (Lipinski definition) is 2. The van der Waals surface area contributed by atoms with Crippen LogP contribution >= 0.6 is 0 Å². The molecule has 1 heterocycles. The number of amides is 2. The van der Waals surface area contributed by atoms with Crippen LogP contribution in [0.5, 0.6) is 17.4 Å². The lowest BCUT2D eigenvalue weighted by Gasteiger charge is -2.12. The fourth-order valence-corrected chi connectivity index (χ4v) is 2.99. The molecule has 0 unspecified atom stereocenters. The lowest BCUT2D eigenvalue weighted by atomic mass is 10.2. The highest BCUT2D eigenvalue weighted by Crippen LogP contribution is 2.31. The van der Waals surface area contributed by atoms with Crippen LogP contribution in [0, 0.1) is 5.82 Å². The normalized spacial score (nSPS) is 11.2. The number of halogens is 4. The van der Waals surface area contributed by atoms with Crippen LogP contribution in [0.25, 0.3) is 11.0 Å². The van der Waals surface area contributed by atoms with Gasteiger partial charge < -0.3 is 20.1 Å². The van der Waals surface area contributed by atoms with E-state index in [9.17, 15) is 22.4 Å². The van der Waals surface area contributed by atoms with E-state index < -0.39 is 23.6 Å². The van der Waals surface area contributed by atoms with Gasteiger partial charge in [0, 0.05) is 23.5 Å². The van der Waals surface area contributed by atoms with Crippen molar-refractivity contribution in [3.05, 3.63) is 78.2 Å². The predicted octanol–water partition coefficient (Wildman–Crippen LogP) is 6.23. The Morgan fingerprint density at radius 3 is 2.41 bits per heavy atom. The number of ether oxygens (including phenoxy) is 2. The Bertz CT molecular complexity index is 1360. The number of aromatic nitrogens is 2. The molecule has 4 rings (SSSR count). The molecule has 34 heavy (non-hydrogen) atoms. The number of nitrogens with zero attached hydrogens (tertiary/aromatic N) is 2. The summed E-state index contributed by atoms with van der Waals surface area (Å²) in [4.78, 5) is 20.6. The van der Waals surface area contributed by atoms with Crippen LogP contribution in [0.2, 0.25) is 0 Å². The fraction of sp³-hybridized carbons (Fsp3) is 0.0870. The molecule has 0 fully saturated rings. The van der Waals surface area contributed by atoms with E-state index in [1.807, 2.05) is 0 Å². The summed E-state index contributed by atoms with van der Waals surface area (Å²) < 4.78 is 63.6. The number of alkyl halides is 3. The van der Waals surface area contributed by atoms with Gasteiger partial charge in [-0.05, 0) is 42.5 Å². The monoisotopic (exact) mass is 472 g/mol. The van der Waals surface area contributed by atoms with Crippen LogP contribution in [0.1, 0.15) is 5.56 Å². The molecule has 4 aromatic rings. The molecule has 174 valence electrons. The van der Waals surface area contributed by atoms with Crippen molar-refractivity contribution in [1.82, 2.24) is 9.97 Å². The third-order valence-corrected chi connectivity index (χ3v) is 4.57. The molecule has 1 aromatic heterocycles. The second-order valence-electron chi connectivity index (χ2n) is 6.97. The second kappa shape index (κ2) is 9.22. The van der Waals surface area contributed by atoms with Gasteiger partial charge in [-0.3, -0.25) is 0 Å². The summed E-state index contributed by atoms with van der Waals surface area (Å²) in [7, 11) is 1.46. The third-order valence-electron chi connectivity index (χ3n) is 4.57. The molecule has 2 amide bonds. The zero-order valence-corrected chi connectivity index (χ0v) is 17.5. The number of urea groups is 1. The molecule has 3 aromatic carbocycles. The lowest BCUT2D eigenvalue weighted by molar-refractivity contribution is -0.137. The van der Waals surface area contributed by atoms with E-state index >= 15 is 0 Å². The van der Waals surface area contributed by atoms with E-state index in [0.717, 1.165) is 18.2 Å². The summed E-state index contributed by atoms with van der Waals surface area (Å²) in [6, 6.07) is 11.8. The summed E-state index contributed by atoms with van der Waals surface area (Å²) in [6.45, 7) is 0. The van der Waals surface area contributed by atoms with Crippen LogP contribution in [0.3, 0.4) is 0 Å². The van der Waals surface area contributed by atoms with Gasteiger partial charge in [0.25, 0.3) is 0 Å². The highest BCUT2D eigenvalue weighted by molar-refractivity contribution is 5.99.